The zero-order valence-corrected chi connectivity index (χ0v) is 19.8. The van der Waals surface area contributed by atoms with Crippen LogP contribution in [0.3, 0.4) is 0 Å². The standard InChI is InChI=1S/C27H29ClN2O3/c1-19-5-3-4-16-30(19)24-13-11-23(12-14-24)29-27(31)21-8-15-25(26(17-21)32-2)33-18-20-6-9-22(28)10-7-20/h6-15,17,19H,3-5,16,18H2,1-2H3,(H,29,31)/t19-/m1/s1. The van der Waals surface area contributed by atoms with Gasteiger partial charge in [0.25, 0.3) is 5.91 Å². The SMILES string of the molecule is COc1cc(C(=O)Nc2ccc(N3CCCC[C@H]3C)cc2)ccc1OCc1ccc(Cl)cc1. The fourth-order valence-electron chi connectivity index (χ4n) is 4.09. The van der Waals surface area contributed by atoms with Gasteiger partial charge in [-0.15, -0.1) is 0 Å². The topological polar surface area (TPSA) is 50.8 Å². The van der Waals surface area contributed by atoms with Gasteiger partial charge in [-0.05, 0) is 86.3 Å². The lowest BCUT2D eigenvalue weighted by Crippen LogP contribution is -2.37. The molecule has 1 saturated heterocycles. The highest BCUT2D eigenvalue weighted by atomic mass is 35.5. The van der Waals surface area contributed by atoms with Crippen molar-refractivity contribution in [2.75, 3.05) is 23.9 Å². The first-order valence-corrected chi connectivity index (χ1v) is 11.6. The molecule has 0 saturated carbocycles. The molecule has 0 radical (unpaired) electrons. The van der Waals surface area contributed by atoms with Crippen LogP contribution in [0.4, 0.5) is 11.4 Å². The van der Waals surface area contributed by atoms with E-state index in [0.29, 0.717) is 34.7 Å². The third-order valence-electron chi connectivity index (χ3n) is 5.99. The van der Waals surface area contributed by atoms with Crippen LogP contribution in [0.25, 0.3) is 0 Å². The van der Waals surface area contributed by atoms with E-state index in [-0.39, 0.29) is 5.91 Å². The minimum Gasteiger partial charge on any atom is -0.493 e. The van der Waals surface area contributed by atoms with Crippen molar-refractivity contribution >= 4 is 28.9 Å². The number of hydrogen-bond donors (Lipinski definition) is 1. The van der Waals surface area contributed by atoms with Gasteiger partial charge in [0.1, 0.15) is 6.61 Å². The van der Waals surface area contributed by atoms with Gasteiger partial charge in [0.05, 0.1) is 7.11 Å². The average molecular weight is 465 g/mol. The second-order valence-electron chi connectivity index (χ2n) is 8.32. The molecule has 0 bridgehead atoms. The maximum absolute atomic E-state index is 12.8. The molecule has 1 amide bonds. The van der Waals surface area contributed by atoms with E-state index in [2.05, 4.69) is 29.3 Å². The van der Waals surface area contributed by atoms with E-state index in [9.17, 15) is 4.79 Å². The zero-order chi connectivity index (χ0) is 23.2. The van der Waals surface area contributed by atoms with Crippen molar-refractivity contribution in [2.45, 2.75) is 38.8 Å². The van der Waals surface area contributed by atoms with Crippen molar-refractivity contribution in [2.24, 2.45) is 0 Å². The van der Waals surface area contributed by atoms with E-state index >= 15 is 0 Å². The Morgan fingerprint density at radius 3 is 2.48 bits per heavy atom. The summed E-state index contributed by atoms with van der Waals surface area (Å²) in [7, 11) is 1.56. The number of halogens is 1. The quantitative estimate of drug-likeness (QED) is 0.430. The van der Waals surface area contributed by atoms with Crippen molar-refractivity contribution < 1.29 is 14.3 Å². The molecular weight excluding hydrogens is 436 g/mol. The lowest BCUT2D eigenvalue weighted by atomic mass is 10.0. The van der Waals surface area contributed by atoms with Gasteiger partial charge >= 0.3 is 0 Å². The number of hydrogen-bond acceptors (Lipinski definition) is 4. The second kappa shape index (κ2) is 10.6. The summed E-state index contributed by atoms with van der Waals surface area (Å²) in [5, 5.41) is 3.65. The van der Waals surface area contributed by atoms with E-state index in [4.69, 9.17) is 21.1 Å². The Kier molecular flexibility index (Phi) is 7.40. The number of nitrogens with zero attached hydrogens (tertiary/aromatic N) is 1. The average Bonchev–Trinajstić information content (AvgIpc) is 2.84. The summed E-state index contributed by atoms with van der Waals surface area (Å²) in [6.45, 7) is 3.73. The van der Waals surface area contributed by atoms with Crippen LogP contribution in [0, 0.1) is 0 Å². The van der Waals surface area contributed by atoms with Crippen molar-refractivity contribution in [3.63, 3.8) is 0 Å². The Bertz CT molecular complexity index is 1080. The van der Waals surface area contributed by atoms with Gasteiger partial charge in [-0.2, -0.15) is 0 Å². The molecule has 0 aliphatic carbocycles. The molecular formula is C27H29ClN2O3. The third kappa shape index (κ3) is 5.79. The van der Waals surface area contributed by atoms with Crippen LogP contribution in [0.5, 0.6) is 11.5 Å². The molecule has 1 atom stereocenters. The molecule has 6 heteroatoms. The van der Waals surface area contributed by atoms with Gasteiger partial charge in [0.15, 0.2) is 11.5 Å². The van der Waals surface area contributed by atoms with Crippen molar-refractivity contribution in [1.82, 2.24) is 0 Å². The Morgan fingerprint density at radius 1 is 1.03 bits per heavy atom. The molecule has 172 valence electrons. The van der Waals surface area contributed by atoms with Crippen LogP contribution in [0.1, 0.15) is 42.1 Å². The van der Waals surface area contributed by atoms with E-state index in [0.717, 1.165) is 17.8 Å². The van der Waals surface area contributed by atoms with Crippen molar-refractivity contribution in [1.29, 1.82) is 0 Å². The van der Waals surface area contributed by atoms with Crippen LogP contribution in [-0.2, 0) is 6.61 Å². The molecule has 4 rings (SSSR count). The summed E-state index contributed by atoms with van der Waals surface area (Å²) in [6.07, 6.45) is 3.74. The first kappa shape index (κ1) is 23.0. The van der Waals surface area contributed by atoms with Crippen LogP contribution in [-0.4, -0.2) is 25.6 Å². The largest absolute Gasteiger partial charge is 0.493 e. The van der Waals surface area contributed by atoms with Gasteiger partial charge < -0.3 is 19.7 Å². The van der Waals surface area contributed by atoms with Gasteiger partial charge in [-0.3, -0.25) is 4.79 Å². The summed E-state index contributed by atoms with van der Waals surface area (Å²) >= 11 is 5.93. The summed E-state index contributed by atoms with van der Waals surface area (Å²) in [6, 6.07) is 21.3. The normalized spacial score (nSPS) is 15.7. The summed E-state index contributed by atoms with van der Waals surface area (Å²) in [4.78, 5) is 15.2. The predicted octanol–water partition coefficient (Wildman–Crippen LogP) is 6.56. The number of rotatable bonds is 7. The molecule has 33 heavy (non-hydrogen) atoms. The molecule has 1 heterocycles. The fraction of sp³-hybridized carbons (Fsp3) is 0.296. The van der Waals surface area contributed by atoms with E-state index in [1.54, 1.807) is 25.3 Å². The lowest BCUT2D eigenvalue weighted by molar-refractivity contribution is 0.102. The fourth-order valence-corrected chi connectivity index (χ4v) is 4.22. The third-order valence-corrected chi connectivity index (χ3v) is 6.25. The number of methoxy groups -OCH3 is 1. The van der Waals surface area contributed by atoms with Crippen LogP contribution < -0.4 is 19.7 Å². The summed E-state index contributed by atoms with van der Waals surface area (Å²) in [5.74, 6) is 0.881. The number of carbonyl (C=O) groups is 1. The van der Waals surface area contributed by atoms with Crippen LogP contribution >= 0.6 is 11.6 Å². The number of ether oxygens (including phenoxy) is 2. The Morgan fingerprint density at radius 2 is 1.79 bits per heavy atom. The number of carbonyl (C=O) groups excluding carboxylic acids is 1. The van der Waals surface area contributed by atoms with Crippen LogP contribution in [0.15, 0.2) is 66.7 Å². The first-order chi connectivity index (χ1) is 16.0. The van der Waals surface area contributed by atoms with E-state index in [1.165, 1.54) is 24.9 Å². The smallest absolute Gasteiger partial charge is 0.255 e. The van der Waals surface area contributed by atoms with Crippen molar-refractivity contribution in [3.05, 3.63) is 82.9 Å². The summed E-state index contributed by atoms with van der Waals surface area (Å²) < 4.78 is 11.3. The number of anilines is 2. The molecule has 1 aliphatic heterocycles. The summed E-state index contributed by atoms with van der Waals surface area (Å²) in [5.41, 5.74) is 3.45. The van der Waals surface area contributed by atoms with Gasteiger partial charge in [-0.1, -0.05) is 23.7 Å². The monoisotopic (exact) mass is 464 g/mol. The molecule has 1 aliphatic rings. The highest BCUT2D eigenvalue weighted by Gasteiger charge is 2.18. The molecule has 3 aromatic carbocycles. The van der Waals surface area contributed by atoms with Gasteiger partial charge in [0, 0.05) is 34.5 Å². The predicted molar refractivity (Wildman–Crippen MR) is 134 cm³/mol. The number of benzene rings is 3. The zero-order valence-electron chi connectivity index (χ0n) is 19.0. The Labute approximate surface area is 200 Å². The minimum atomic E-state index is -0.198. The Balaban J connectivity index is 1.40. The maximum atomic E-state index is 12.8. The minimum absolute atomic E-state index is 0.198. The highest BCUT2D eigenvalue weighted by molar-refractivity contribution is 6.30. The number of nitrogens with one attached hydrogen (secondary N) is 1. The molecule has 0 aromatic heterocycles. The van der Waals surface area contributed by atoms with E-state index < -0.39 is 0 Å². The van der Waals surface area contributed by atoms with Gasteiger partial charge in [0.2, 0.25) is 0 Å². The second-order valence-corrected chi connectivity index (χ2v) is 8.76. The van der Waals surface area contributed by atoms with Crippen molar-refractivity contribution in [3.8, 4) is 11.5 Å². The van der Waals surface area contributed by atoms with Crippen LogP contribution in [0.2, 0.25) is 5.02 Å². The lowest BCUT2D eigenvalue weighted by Gasteiger charge is -2.35. The number of amides is 1. The number of piperidine rings is 1. The Hall–Kier alpha value is -3.18. The molecule has 1 fully saturated rings. The maximum Gasteiger partial charge on any atom is 0.255 e. The molecule has 3 aromatic rings. The van der Waals surface area contributed by atoms with Gasteiger partial charge in [-0.25, -0.2) is 0 Å². The highest BCUT2D eigenvalue weighted by Crippen LogP contribution is 2.30. The molecule has 5 nitrogen and oxygen atoms in total. The van der Waals surface area contributed by atoms with E-state index in [1.807, 2.05) is 36.4 Å². The molecule has 0 spiro atoms. The molecule has 0 unspecified atom stereocenters. The first-order valence-electron chi connectivity index (χ1n) is 11.3. The molecule has 1 N–H and O–H groups in total.